The molecule has 2 heterocycles. The molecular formula is C22H16F4N4O2. The molecule has 6 nitrogen and oxygen atoms in total. The Labute approximate surface area is 179 Å². The van der Waals surface area contributed by atoms with Crippen LogP contribution in [0.3, 0.4) is 0 Å². The normalized spacial score (nSPS) is 11.4. The van der Waals surface area contributed by atoms with E-state index < -0.39 is 23.8 Å². The number of fused-ring (bicyclic) bond motifs is 1. The average Bonchev–Trinajstić information content (AvgIpc) is 3.20. The Bertz CT molecular complexity index is 1270. The van der Waals surface area contributed by atoms with Gasteiger partial charge in [0.2, 0.25) is 0 Å². The Morgan fingerprint density at radius 3 is 2.72 bits per heavy atom. The van der Waals surface area contributed by atoms with Gasteiger partial charge >= 0.3 is 6.36 Å². The van der Waals surface area contributed by atoms with Crippen molar-refractivity contribution in [1.29, 1.82) is 0 Å². The zero-order valence-corrected chi connectivity index (χ0v) is 16.3. The van der Waals surface area contributed by atoms with Gasteiger partial charge < -0.3 is 20.4 Å². The number of alkyl halides is 3. The van der Waals surface area contributed by atoms with E-state index in [9.17, 15) is 22.4 Å². The number of H-pyrrole nitrogens is 1. The van der Waals surface area contributed by atoms with Crippen molar-refractivity contribution in [2.45, 2.75) is 12.9 Å². The fourth-order valence-corrected chi connectivity index (χ4v) is 3.06. The maximum Gasteiger partial charge on any atom is 0.573 e. The first kappa shape index (κ1) is 21.2. The molecule has 3 N–H and O–H groups in total. The van der Waals surface area contributed by atoms with Crippen molar-refractivity contribution >= 4 is 28.3 Å². The van der Waals surface area contributed by atoms with Crippen LogP contribution >= 0.6 is 0 Å². The lowest BCUT2D eigenvalue weighted by atomic mass is 10.1. The molecule has 0 bridgehead atoms. The number of aromatic nitrogens is 2. The maximum atomic E-state index is 14.3. The second-order valence-electron chi connectivity index (χ2n) is 6.83. The van der Waals surface area contributed by atoms with Crippen LogP contribution in [0.15, 0.2) is 67.0 Å². The highest BCUT2D eigenvalue weighted by Crippen LogP contribution is 2.25. The van der Waals surface area contributed by atoms with Gasteiger partial charge in [-0.05, 0) is 42.5 Å². The van der Waals surface area contributed by atoms with E-state index >= 15 is 0 Å². The van der Waals surface area contributed by atoms with E-state index in [-0.39, 0.29) is 23.4 Å². The Balaban J connectivity index is 1.45. The number of carbonyl (C=O) groups is 1. The first-order valence-electron chi connectivity index (χ1n) is 9.39. The van der Waals surface area contributed by atoms with E-state index in [1.165, 1.54) is 24.3 Å². The van der Waals surface area contributed by atoms with Gasteiger partial charge in [-0.15, -0.1) is 13.2 Å². The minimum Gasteiger partial charge on any atom is -0.406 e. The monoisotopic (exact) mass is 444 g/mol. The van der Waals surface area contributed by atoms with Crippen LogP contribution in [-0.2, 0) is 6.54 Å². The van der Waals surface area contributed by atoms with E-state index in [4.69, 9.17) is 0 Å². The Morgan fingerprint density at radius 2 is 1.91 bits per heavy atom. The van der Waals surface area contributed by atoms with Crippen molar-refractivity contribution in [2.75, 3.05) is 10.6 Å². The predicted molar refractivity (Wildman–Crippen MR) is 111 cm³/mol. The lowest BCUT2D eigenvalue weighted by Crippen LogP contribution is -2.17. The molecule has 0 saturated heterocycles. The van der Waals surface area contributed by atoms with Gasteiger partial charge in [-0.1, -0.05) is 6.07 Å². The van der Waals surface area contributed by atoms with Crippen LogP contribution in [0.4, 0.5) is 28.9 Å². The largest absolute Gasteiger partial charge is 0.573 e. The number of benzene rings is 2. The summed E-state index contributed by atoms with van der Waals surface area (Å²) >= 11 is 0. The van der Waals surface area contributed by atoms with Crippen molar-refractivity contribution in [1.82, 2.24) is 9.97 Å². The summed E-state index contributed by atoms with van der Waals surface area (Å²) in [6, 6.07) is 12.4. The Morgan fingerprint density at radius 1 is 1.06 bits per heavy atom. The number of rotatable bonds is 6. The summed E-state index contributed by atoms with van der Waals surface area (Å²) in [6.45, 7) is 0.0967. The molecular weight excluding hydrogens is 428 g/mol. The zero-order valence-electron chi connectivity index (χ0n) is 16.3. The number of amides is 1. The van der Waals surface area contributed by atoms with Gasteiger partial charge in [0.1, 0.15) is 17.2 Å². The SMILES string of the molecule is O=C(Nc1cccc(OC(F)(F)F)c1)c1ccc(F)c(CNc2cnc3[nH]ccc3c2)c1. The van der Waals surface area contributed by atoms with E-state index in [0.717, 1.165) is 29.2 Å². The lowest BCUT2D eigenvalue weighted by molar-refractivity contribution is -0.274. The average molecular weight is 444 g/mol. The van der Waals surface area contributed by atoms with Crippen molar-refractivity contribution in [3.63, 3.8) is 0 Å². The second kappa shape index (κ2) is 8.58. The minimum atomic E-state index is -4.84. The molecule has 164 valence electrons. The topological polar surface area (TPSA) is 79.0 Å². The third-order valence-electron chi connectivity index (χ3n) is 4.52. The number of hydrogen-bond acceptors (Lipinski definition) is 4. The molecule has 0 saturated carbocycles. The first-order valence-corrected chi connectivity index (χ1v) is 9.39. The molecule has 0 spiro atoms. The quantitative estimate of drug-likeness (QED) is 0.345. The van der Waals surface area contributed by atoms with Crippen LogP contribution in [0.1, 0.15) is 15.9 Å². The predicted octanol–water partition coefficient (Wildman–Crippen LogP) is 5.47. The molecule has 0 atom stereocenters. The summed E-state index contributed by atoms with van der Waals surface area (Å²) < 4.78 is 55.3. The summed E-state index contributed by atoms with van der Waals surface area (Å²) in [4.78, 5) is 19.8. The highest BCUT2D eigenvalue weighted by molar-refractivity contribution is 6.04. The van der Waals surface area contributed by atoms with Crippen LogP contribution in [0.2, 0.25) is 0 Å². The third kappa shape index (κ3) is 5.15. The molecule has 0 aliphatic rings. The molecule has 10 heteroatoms. The lowest BCUT2D eigenvalue weighted by Gasteiger charge is -2.12. The summed E-state index contributed by atoms with van der Waals surface area (Å²) in [7, 11) is 0. The number of ether oxygens (including phenoxy) is 1. The van der Waals surface area contributed by atoms with Crippen LogP contribution < -0.4 is 15.4 Å². The number of pyridine rings is 1. The van der Waals surface area contributed by atoms with E-state index in [1.54, 1.807) is 12.4 Å². The molecule has 4 aromatic rings. The molecule has 0 radical (unpaired) electrons. The highest BCUT2D eigenvalue weighted by atomic mass is 19.4. The fraction of sp³-hybridized carbons (Fsp3) is 0.0909. The van der Waals surface area contributed by atoms with Gasteiger partial charge in [0.25, 0.3) is 5.91 Å². The van der Waals surface area contributed by atoms with Crippen LogP contribution in [0, 0.1) is 5.82 Å². The molecule has 0 aliphatic heterocycles. The van der Waals surface area contributed by atoms with E-state index in [1.807, 2.05) is 12.1 Å². The number of carbonyl (C=O) groups excluding carboxylic acids is 1. The summed E-state index contributed by atoms with van der Waals surface area (Å²) in [6.07, 6.45) is -1.49. The molecule has 2 aromatic carbocycles. The van der Waals surface area contributed by atoms with Gasteiger partial charge in [0.05, 0.1) is 11.9 Å². The Kier molecular flexibility index (Phi) is 5.67. The van der Waals surface area contributed by atoms with Gasteiger partial charge in [0.15, 0.2) is 0 Å². The molecule has 2 aromatic heterocycles. The summed E-state index contributed by atoms with van der Waals surface area (Å²) in [5.74, 6) is -1.58. The van der Waals surface area contributed by atoms with Crippen molar-refractivity contribution in [3.8, 4) is 5.75 Å². The standard InChI is InChI=1S/C22H16F4N4O2/c23-19-5-4-14(21(31)30-16-2-1-3-18(10-16)32-22(24,25)26)8-15(19)11-28-17-9-13-6-7-27-20(13)29-12-17/h1-10,12,28H,11H2,(H,27,29)(H,30,31). The number of anilines is 2. The van der Waals surface area contributed by atoms with Crippen molar-refractivity contribution < 1.29 is 27.1 Å². The number of aromatic amines is 1. The Hall–Kier alpha value is -4.08. The van der Waals surface area contributed by atoms with Crippen LogP contribution in [-0.4, -0.2) is 22.2 Å². The fourth-order valence-electron chi connectivity index (χ4n) is 3.06. The van der Waals surface area contributed by atoms with Gasteiger partial charge in [-0.2, -0.15) is 0 Å². The van der Waals surface area contributed by atoms with Gasteiger partial charge in [0, 0.05) is 41.0 Å². The first-order chi connectivity index (χ1) is 15.3. The van der Waals surface area contributed by atoms with E-state index in [0.29, 0.717) is 5.69 Å². The minimum absolute atomic E-state index is 0.0967. The number of nitrogens with one attached hydrogen (secondary N) is 3. The second-order valence-corrected chi connectivity index (χ2v) is 6.83. The molecule has 32 heavy (non-hydrogen) atoms. The van der Waals surface area contributed by atoms with Gasteiger partial charge in [-0.3, -0.25) is 4.79 Å². The number of hydrogen-bond donors (Lipinski definition) is 3. The molecule has 4 rings (SSSR count). The number of halogens is 4. The smallest absolute Gasteiger partial charge is 0.406 e. The van der Waals surface area contributed by atoms with Crippen molar-refractivity contribution in [2.24, 2.45) is 0 Å². The molecule has 0 fully saturated rings. The molecule has 0 unspecified atom stereocenters. The van der Waals surface area contributed by atoms with Gasteiger partial charge in [-0.25, -0.2) is 9.37 Å². The van der Waals surface area contributed by atoms with Crippen LogP contribution in [0.5, 0.6) is 5.75 Å². The van der Waals surface area contributed by atoms with E-state index in [2.05, 4.69) is 25.3 Å². The van der Waals surface area contributed by atoms with Crippen LogP contribution in [0.25, 0.3) is 11.0 Å². The number of nitrogens with zero attached hydrogens (tertiary/aromatic N) is 1. The summed E-state index contributed by atoms with van der Waals surface area (Å²) in [5.41, 5.74) is 1.88. The maximum absolute atomic E-state index is 14.3. The highest BCUT2D eigenvalue weighted by Gasteiger charge is 2.31. The summed E-state index contributed by atoms with van der Waals surface area (Å²) in [5, 5.41) is 6.43. The molecule has 1 amide bonds. The molecule has 0 aliphatic carbocycles. The third-order valence-corrected chi connectivity index (χ3v) is 4.52. The zero-order chi connectivity index (χ0) is 22.7. The van der Waals surface area contributed by atoms with Crippen molar-refractivity contribution in [3.05, 3.63) is 83.9 Å².